The highest BCUT2D eigenvalue weighted by Crippen LogP contribution is 2.53. The molecule has 0 spiro atoms. The molecule has 4 aromatic heterocycles. The van der Waals surface area contributed by atoms with E-state index in [0.29, 0.717) is 0 Å². The van der Waals surface area contributed by atoms with E-state index in [1.165, 1.54) is 92.3 Å². The third-order valence-electron chi connectivity index (χ3n) is 16.6. The van der Waals surface area contributed by atoms with Crippen molar-refractivity contribution in [1.29, 1.82) is 0 Å². The monoisotopic (exact) mass is 1090 g/mol. The Hall–Kier alpha value is -10.9. The van der Waals surface area contributed by atoms with Crippen LogP contribution in [0.2, 0.25) is 0 Å². The molecule has 0 saturated heterocycles. The second-order valence-electron chi connectivity index (χ2n) is 21.3. The fourth-order valence-electron chi connectivity index (χ4n) is 13.0. The highest BCUT2D eigenvalue weighted by Gasteiger charge is 2.28. The number of benzene rings is 12. The van der Waals surface area contributed by atoms with Gasteiger partial charge in [-0.15, -0.1) is 0 Å². The molecule has 16 aromatic rings. The quantitative estimate of drug-likeness (QED) is 0.166. The number of anilines is 6. The maximum Gasteiger partial charge on any atom is 0.151 e. The van der Waals surface area contributed by atoms with Crippen molar-refractivity contribution in [3.8, 4) is 34.2 Å². The topological polar surface area (TPSA) is 35.4 Å². The lowest BCUT2D eigenvalue weighted by Crippen LogP contribution is -2.15. The molecule has 0 atom stereocenters. The number of nitrogens with zero attached hydrogens (tertiary/aromatic N) is 6. The molecule has 0 radical (unpaired) electrons. The van der Waals surface area contributed by atoms with Crippen LogP contribution in [0.25, 0.3) is 88.2 Å². The Labute approximate surface area is 488 Å². The van der Waals surface area contributed by atoms with Gasteiger partial charge in [-0.25, -0.2) is 0 Å². The molecule has 0 unspecified atom stereocenters. The van der Waals surface area contributed by atoms with Crippen molar-refractivity contribution in [2.45, 2.75) is 9.79 Å². The van der Waals surface area contributed by atoms with E-state index in [-0.39, 0.29) is 0 Å². The van der Waals surface area contributed by atoms with E-state index in [9.17, 15) is 0 Å². The van der Waals surface area contributed by atoms with Crippen LogP contribution in [0, 0.1) is 0 Å². The highest BCUT2D eigenvalue weighted by molar-refractivity contribution is 7.99. The molecule has 0 bridgehead atoms. The van der Waals surface area contributed by atoms with E-state index in [1.54, 1.807) is 0 Å². The summed E-state index contributed by atoms with van der Waals surface area (Å²) >= 11 is 1.84. The summed E-state index contributed by atoms with van der Waals surface area (Å²) in [6.07, 6.45) is 4.37. The van der Waals surface area contributed by atoms with Crippen molar-refractivity contribution >= 4 is 111 Å². The summed E-state index contributed by atoms with van der Waals surface area (Å²) in [5.74, 6) is 1.71. The minimum absolute atomic E-state index is 0.855. The summed E-state index contributed by atoms with van der Waals surface area (Å²) in [5.41, 5.74) is 18.6. The van der Waals surface area contributed by atoms with Gasteiger partial charge in [-0.2, -0.15) is 0 Å². The summed E-state index contributed by atoms with van der Waals surface area (Å²) in [6, 6.07) is 104. The standard InChI is InChI=1S/C38H25N3O.C38H25N3S/c1-2-10-27(11-3-1)39-25-24-26-18-23-34-37(38(26)39)30-12-4-5-13-31(30)40(34)28-19-21-29(22-20-28)41-32-14-6-8-16-35(32)42-36-17-9-7-15-33(36)41;1-2-11-27(12-3-1)39-24-23-26-21-22-34-37(38(26)39)30-15-4-5-16-31(30)40(34)28-13-10-14-29(25-28)41-32-17-6-8-19-35(32)42-36-20-9-7-18-33(36)41/h2*1-25H. The van der Waals surface area contributed by atoms with Crippen molar-refractivity contribution in [3.05, 3.63) is 304 Å². The van der Waals surface area contributed by atoms with Gasteiger partial charge < -0.3 is 32.8 Å². The van der Waals surface area contributed by atoms with E-state index in [2.05, 4.69) is 307 Å². The van der Waals surface area contributed by atoms with Gasteiger partial charge >= 0.3 is 0 Å². The first-order valence-corrected chi connectivity index (χ1v) is 29.2. The Morgan fingerprint density at radius 1 is 0.274 bits per heavy atom. The van der Waals surface area contributed by atoms with Gasteiger partial charge in [0.25, 0.3) is 0 Å². The van der Waals surface area contributed by atoms with E-state index in [4.69, 9.17) is 4.74 Å². The predicted molar refractivity (Wildman–Crippen MR) is 349 cm³/mol. The van der Waals surface area contributed by atoms with Gasteiger partial charge in [0.1, 0.15) is 0 Å². The maximum atomic E-state index is 6.23. The van der Waals surface area contributed by atoms with Gasteiger partial charge in [0.05, 0.1) is 55.8 Å². The first kappa shape index (κ1) is 47.8. The normalized spacial score (nSPS) is 12.5. The Morgan fingerprint density at radius 2 is 0.690 bits per heavy atom. The van der Waals surface area contributed by atoms with Crippen LogP contribution < -0.4 is 14.5 Å². The molecule has 6 heterocycles. The molecule has 0 saturated carbocycles. The fourth-order valence-corrected chi connectivity index (χ4v) is 14.1. The number of fused-ring (bicyclic) bond motifs is 14. The zero-order valence-corrected chi connectivity index (χ0v) is 46.2. The largest absolute Gasteiger partial charge is 0.453 e. The van der Waals surface area contributed by atoms with Gasteiger partial charge in [-0.05, 0) is 152 Å². The summed E-state index contributed by atoms with van der Waals surface area (Å²) in [5, 5.41) is 7.50. The molecule has 396 valence electrons. The van der Waals surface area contributed by atoms with Gasteiger partial charge in [-0.3, -0.25) is 0 Å². The molecular formula is C76H50N6OS. The minimum atomic E-state index is 0.855. The molecule has 84 heavy (non-hydrogen) atoms. The zero-order chi connectivity index (χ0) is 55.2. The molecule has 7 nitrogen and oxygen atoms in total. The first-order valence-electron chi connectivity index (χ1n) is 28.4. The lowest BCUT2D eigenvalue weighted by Gasteiger charge is -2.33. The summed E-state index contributed by atoms with van der Waals surface area (Å²) in [4.78, 5) is 7.21. The van der Waals surface area contributed by atoms with Crippen LogP contribution in [0.4, 0.5) is 34.1 Å². The summed E-state index contributed by atoms with van der Waals surface area (Å²) in [7, 11) is 0. The Bertz CT molecular complexity index is 5140. The third kappa shape index (κ3) is 7.54. The smallest absolute Gasteiger partial charge is 0.151 e. The minimum Gasteiger partial charge on any atom is -0.453 e. The van der Waals surface area contributed by atoms with Crippen molar-refractivity contribution in [1.82, 2.24) is 18.3 Å². The second kappa shape index (κ2) is 19.4. The summed E-state index contributed by atoms with van der Waals surface area (Å²) in [6.45, 7) is 0. The third-order valence-corrected chi connectivity index (χ3v) is 17.7. The van der Waals surface area contributed by atoms with E-state index >= 15 is 0 Å². The van der Waals surface area contributed by atoms with Crippen molar-refractivity contribution < 1.29 is 4.74 Å². The van der Waals surface area contributed by atoms with Gasteiger partial charge in [0.15, 0.2) is 11.5 Å². The van der Waals surface area contributed by atoms with E-state index in [1.807, 2.05) is 36.0 Å². The molecule has 8 heteroatoms. The van der Waals surface area contributed by atoms with Crippen molar-refractivity contribution in [2.24, 2.45) is 0 Å². The number of hydrogen-bond acceptors (Lipinski definition) is 4. The average molecular weight is 1100 g/mol. The van der Waals surface area contributed by atoms with Crippen molar-refractivity contribution in [3.63, 3.8) is 0 Å². The number of rotatable bonds is 6. The van der Waals surface area contributed by atoms with E-state index < -0.39 is 0 Å². The van der Waals surface area contributed by atoms with Crippen LogP contribution in [-0.2, 0) is 0 Å². The van der Waals surface area contributed by atoms with Gasteiger partial charge in [-0.1, -0.05) is 151 Å². The molecule has 2 aliphatic rings. The molecule has 0 aliphatic carbocycles. The zero-order valence-electron chi connectivity index (χ0n) is 45.4. The number of para-hydroxylation sites is 10. The molecule has 0 N–H and O–H groups in total. The number of hydrogen-bond donors (Lipinski definition) is 0. The number of aromatic nitrogens is 4. The molecule has 2 aliphatic heterocycles. The second-order valence-corrected chi connectivity index (χ2v) is 22.4. The van der Waals surface area contributed by atoms with Crippen molar-refractivity contribution in [2.75, 3.05) is 9.80 Å². The fraction of sp³-hybridized carbons (Fsp3) is 0. The lowest BCUT2D eigenvalue weighted by molar-refractivity contribution is 0.477. The van der Waals surface area contributed by atoms with Crippen LogP contribution >= 0.6 is 11.8 Å². The molecular weight excluding hydrogens is 1040 g/mol. The molecule has 0 amide bonds. The van der Waals surface area contributed by atoms with Gasteiger partial charge in [0, 0.05) is 88.6 Å². The summed E-state index contributed by atoms with van der Waals surface area (Å²) < 4.78 is 15.7. The van der Waals surface area contributed by atoms with Crippen LogP contribution in [0.1, 0.15) is 0 Å². The van der Waals surface area contributed by atoms with Crippen LogP contribution in [0.15, 0.2) is 313 Å². The molecule has 18 rings (SSSR count). The Morgan fingerprint density at radius 3 is 1.24 bits per heavy atom. The Balaban J connectivity index is 0.000000132. The van der Waals surface area contributed by atoms with Crippen LogP contribution in [0.5, 0.6) is 11.5 Å². The maximum absolute atomic E-state index is 6.23. The van der Waals surface area contributed by atoms with Crippen LogP contribution in [0.3, 0.4) is 0 Å². The lowest BCUT2D eigenvalue weighted by atomic mass is 10.1. The average Bonchev–Trinajstić information content (AvgIpc) is 1.81. The van der Waals surface area contributed by atoms with E-state index in [0.717, 1.165) is 51.3 Å². The Kier molecular flexibility index (Phi) is 11.0. The first-order chi connectivity index (χ1) is 41.7. The predicted octanol–water partition coefficient (Wildman–Crippen LogP) is 21.0. The van der Waals surface area contributed by atoms with Gasteiger partial charge in [0.2, 0.25) is 0 Å². The molecule has 12 aromatic carbocycles. The molecule has 0 fully saturated rings. The highest BCUT2D eigenvalue weighted by atomic mass is 32.2. The SMILES string of the molecule is c1ccc(-n2ccc3ccc4c(c5ccccc5n4-c4ccc(N5c6ccccc6Oc6ccccc65)cc4)c32)cc1.c1ccc(-n2ccc3ccc4c(c5ccccc5n4-c4cccc(N5c6ccccc6Sc6ccccc65)c4)c32)cc1. The van der Waals surface area contributed by atoms with Crippen LogP contribution in [-0.4, -0.2) is 18.3 Å². The number of ether oxygens (including phenoxy) is 1.